The van der Waals surface area contributed by atoms with Crippen LogP contribution in [0.2, 0.25) is 0 Å². The van der Waals surface area contributed by atoms with Crippen LogP contribution in [-0.4, -0.2) is 52.3 Å². The first-order valence-electron chi connectivity index (χ1n) is 10.7. The van der Waals surface area contributed by atoms with Gasteiger partial charge in [0.1, 0.15) is 17.4 Å². The maximum Gasteiger partial charge on any atom is 0.344 e. The molecule has 5 N–H and O–H groups in total. The zero-order chi connectivity index (χ0) is 24.4. The van der Waals surface area contributed by atoms with Gasteiger partial charge in [-0.3, -0.25) is 5.32 Å². The Balaban J connectivity index is 1.83. The van der Waals surface area contributed by atoms with Crippen molar-refractivity contribution in [2.45, 2.75) is 46.3 Å². The lowest BCUT2D eigenvalue weighted by atomic mass is 10.1. The first-order chi connectivity index (χ1) is 15.7. The van der Waals surface area contributed by atoms with Gasteiger partial charge in [-0.1, -0.05) is 26.0 Å². The Labute approximate surface area is 196 Å². The molecular formula is C22H31FN4O5S. The molecular weight excluding hydrogens is 451 g/mol. The summed E-state index contributed by atoms with van der Waals surface area (Å²) in [5.41, 5.74) is 0.721. The van der Waals surface area contributed by atoms with Gasteiger partial charge in [-0.15, -0.1) is 0 Å². The van der Waals surface area contributed by atoms with Gasteiger partial charge in [0.25, 0.3) is 0 Å². The Morgan fingerprint density at radius 3 is 2.70 bits per heavy atom. The quantitative estimate of drug-likeness (QED) is 0.277. The third-order valence-electron chi connectivity index (χ3n) is 4.61. The first kappa shape index (κ1) is 26.5. The van der Waals surface area contributed by atoms with Crippen molar-refractivity contribution in [2.24, 2.45) is 5.92 Å². The summed E-state index contributed by atoms with van der Waals surface area (Å²) >= 11 is 0.760. The van der Waals surface area contributed by atoms with E-state index in [0.717, 1.165) is 23.6 Å². The smallest absolute Gasteiger partial charge is 0.344 e. The number of benzene rings is 1. The monoisotopic (exact) mass is 482 g/mol. The number of nitrogens with zero attached hydrogens (tertiary/aromatic N) is 1. The highest BCUT2D eigenvalue weighted by Gasteiger charge is 2.23. The number of aliphatic hydroxyl groups is 1. The summed E-state index contributed by atoms with van der Waals surface area (Å²) in [5.74, 6) is -1.48. The van der Waals surface area contributed by atoms with Crippen LogP contribution in [0.5, 0.6) is 5.88 Å². The Morgan fingerprint density at radius 2 is 2.03 bits per heavy atom. The molecule has 0 saturated heterocycles. The van der Waals surface area contributed by atoms with E-state index in [9.17, 15) is 24.2 Å². The highest BCUT2D eigenvalue weighted by molar-refractivity contribution is 7.11. The molecule has 1 unspecified atom stereocenters. The highest BCUT2D eigenvalue weighted by Crippen LogP contribution is 2.31. The molecule has 0 bridgehead atoms. The minimum Gasteiger partial charge on any atom is -0.477 e. The lowest BCUT2D eigenvalue weighted by Crippen LogP contribution is -2.32. The number of nitrogens with one attached hydrogen (secondary N) is 3. The van der Waals surface area contributed by atoms with Gasteiger partial charge in [0, 0.05) is 18.7 Å². The van der Waals surface area contributed by atoms with Gasteiger partial charge in [-0.05, 0) is 55.4 Å². The number of aliphatic hydroxyl groups excluding tert-OH is 1. The molecule has 0 radical (unpaired) electrons. The van der Waals surface area contributed by atoms with E-state index in [0.29, 0.717) is 31.8 Å². The predicted molar refractivity (Wildman–Crippen MR) is 125 cm³/mol. The van der Waals surface area contributed by atoms with Gasteiger partial charge in [0.2, 0.25) is 5.88 Å². The maximum atomic E-state index is 14.0. The molecule has 1 aromatic carbocycles. The molecule has 2 amide bonds. The van der Waals surface area contributed by atoms with Crippen LogP contribution in [0.3, 0.4) is 0 Å². The van der Waals surface area contributed by atoms with Gasteiger partial charge in [-0.2, -0.15) is 4.37 Å². The number of carbonyl (C=O) groups is 2. The van der Waals surface area contributed by atoms with Crippen molar-refractivity contribution in [1.82, 2.24) is 15.0 Å². The Hall–Kier alpha value is -2.76. The number of carboxylic acid groups (broad SMARTS) is 1. The van der Waals surface area contributed by atoms with Crippen molar-refractivity contribution >= 4 is 28.5 Å². The molecule has 9 nitrogen and oxygen atoms in total. The average molecular weight is 483 g/mol. The number of anilines is 1. The maximum absolute atomic E-state index is 14.0. The number of halogens is 1. The van der Waals surface area contributed by atoms with Crippen LogP contribution < -0.4 is 20.7 Å². The fourth-order valence-corrected chi connectivity index (χ4v) is 3.61. The van der Waals surface area contributed by atoms with Crippen molar-refractivity contribution in [1.29, 1.82) is 0 Å². The number of carbonyl (C=O) groups excluding carboxylic acids is 1. The number of aryl methyl sites for hydroxylation is 1. The van der Waals surface area contributed by atoms with Crippen LogP contribution in [0.1, 0.15) is 48.2 Å². The normalized spacial score (nSPS) is 11.9. The number of amides is 2. The summed E-state index contributed by atoms with van der Waals surface area (Å²) in [7, 11) is 0. The number of urea groups is 1. The molecule has 11 heteroatoms. The van der Waals surface area contributed by atoms with Crippen molar-refractivity contribution in [2.75, 3.05) is 25.0 Å². The van der Waals surface area contributed by atoms with Gasteiger partial charge >= 0.3 is 12.0 Å². The zero-order valence-corrected chi connectivity index (χ0v) is 19.8. The molecule has 0 aliphatic rings. The number of ether oxygens (including phenoxy) is 1. The second-order valence-corrected chi connectivity index (χ2v) is 8.88. The van der Waals surface area contributed by atoms with Gasteiger partial charge in [0.15, 0.2) is 5.56 Å². The largest absolute Gasteiger partial charge is 0.477 e. The van der Waals surface area contributed by atoms with Gasteiger partial charge in [0.05, 0.1) is 6.10 Å². The van der Waals surface area contributed by atoms with Crippen molar-refractivity contribution in [3.63, 3.8) is 0 Å². The predicted octanol–water partition coefficient (Wildman–Crippen LogP) is 3.38. The third-order valence-corrected chi connectivity index (χ3v) is 5.35. The van der Waals surface area contributed by atoms with Gasteiger partial charge in [-0.25, -0.2) is 14.0 Å². The number of carboxylic acids is 1. The SMILES string of the molecule is Cc1ccc(COc2nsc(NC(=O)NCCCC(O)CNCC(C)C)c2C(=O)O)c(F)c1. The van der Waals surface area contributed by atoms with E-state index in [-0.39, 0.29) is 28.6 Å². The molecule has 182 valence electrons. The topological polar surface area (TPSA) is 133 Å². The lowest BCUT2D eigenvalue weighted by Gasteiger charge is -2.13. The number of rotatable bonds is 13. The van der Waals surface area contributed by atoms with E-state index in [1.54, 1.807) is 19.1 Å². The molecule has 0 saturated carbocycles. The van der Waals surface area contributed by atoms with Crippen LogP contribution in [0.25, 0.3) is 0 Å². The second kappa shape index (κ2) is 13.1. The van der Waals surface area contributed by atoms with Crippen LogP contribution in [-0.2, 0) is 6.61 Å². The van der Waals surface area contributed by atoms with Crippen molar-refractivity contribution in [3.05, 3.63) is 40.7 Å². The molecule has 0 aliphatic heterocycles. The molecule has 2 rings (SSSR count). The second-order valence-electron chi connectivity index (χ2n) is 8.11. The minimum absolute atomic E-state index is 0.0114. The molecule has 2 aromatic rings. The average Bonchev–Trinajstić information content (AvgIpc) is 3.13. The molecule has 0 fully saturated rings. The molecule has 0 spiro atoms. The Kier molecular flexibility index (Phi) is 10.5. The van der Waals surface area contributed by atoms with Crippen LogP contribution in [0.4, 0.5) is 14.2 Å². The molecule has 1 atom stereocenters. The first-order valence-corrected chi connectivity index (χ1v) is 11.5. The van der Waals surface area contributed by atoms with E-state index in [4.69, 9.17) is 4.74 Å². The molecule has 1 heterocycles. The number of hydrogen-bond donors (Lipinski definition) is 5. The summed E-state index contributed by atoms with van der Waals surface area (Å²) in [6.07, 6.45) is 0.565. The number of aromatic carboxylic acids is 1. The van der Waals surface area contributed by atoms with E-state index in [2.05, 4.69) is 34.2 Å². The van der Waals surface area contributed by atoms with E-state index in [1.165, 1.54) is 6.07 Å². The Bertz CT molecular complexity index is 938. The summed E-state index contributed by atoms with van der Waals surface area (Å²) in [6.45, 7) is 7.35. The van der Waals surface area contributed by atoms with Crippen LogP contribution in [0, 0.1) is 18.7 Å². The lowest BCUT2D eigenvalue weighted by molar-refractivity contribution is 0.0693. The summed E-state index contributed by atoms with van der Waals surface area (Å²) < 4.78 is 23.3. The molecule has 33 heavy (non-hydrogen) atoms. The van der Waals surface area contributed by atoms with Crippen molar-refractivity contribution in [3.8, 4) is 5.88 Å². The van der Waals surface area contributed by atoms with E-state index in [1.807, 2.05) is 0 Å². The molecule has 0 aliphatic carbocycles. The highest BCUT2D eigenvalue weighted by atomic mass is 32.1. The fraction of sp³-hybridized carbons (Fsp3) is 0.500. The molecule has 1 aromatic heterocycles. The number of hydrogen-bond acceptors (Lipinski definition) is 7. The summed E-state index contributed by atoms with van der Waals surface area (Å²) in [6, 6.07) is 4.04. The van der Waals surface area contributed by atoms with Gasteiger partial charge < -0.3 is 25.6 Å². The fourth-order valence-electron chi connectivity index (χ4n) is 2.89. The van der Waals surface area contributed by atoms with Crippen LogP contribution in [0.15, 0.2) is 18.2 Å². The third kappa shape index (κ3) is 8.95. The Morgan fingerprint density at radius 1 is 1.27 bits per heavy atom. The summed E-state index contributed by atoms with van der Waals surface area (Å²) in [5, 5.41) is 27.7. The zero-order valence-electron chi connectivity index (χ0n) is 19.0. The van der Waals surface area contributed by atoms with Crippen LogP contribution >= 0.6 is 11.5 Å². The standard InChI is InChI=1S/C22H31FN4O5S/c1-13(2)10-24-11-16(28)5-4-8-25-22(31)26-20-18(21(29)30)19(27-33-20)32-12-15-7-6-14(3)9-17(15)23/h6-7,9,13,16,24,28H,4-5,8,10-12H2,1-3H3,(H,29,30)(H2,25,26,31). The van der Waals surface area contributed by atoms with E-state index < -0.39 is 23.9 Å². The minimum atomic E-state index is -1.32. The number of aromatic nitrogens is 1. The van der Waals surface area contributed by atoms with E-state index >= 15 is 0 Å². The van der Waals surface area contributed by atoms with Crippen molar-refractivity contribution < 1.29 is 28.9 Å². The summed E-state index contributed by atoms with van der Waals surface area (Å²) in [4.78, 5) is 23.8.